The number of rotatable bonds is 4. The summed E-state index contributed by atoms with van der Waals surface area (Å²) >= 11 is 3.67. The number of nitrogen functional groups attached to an aromatic ring is 2. The van der Waals surface area contributed by atoms with Gasteiger partial charge in [0.25, 0.3) is 0 Å². The van der Waals surface area contributed by atoms with Crippen molar-refractivity contribution in [3.8, 4) is 0 Å². The number of halogens is 8. The van der Waals surface area contributed by atoms with E-state index in [4.69, 9.17) is 11.5 Å². The number of hydrogen-bond donors (Lipinski definition) is 4. The van der Waals surface area contributed by atoms with E-state index in [1.165, 1.54) is 12.1 Å². The van der Waals surface area contributed by atoms with Crippen LogP contribution in [0.3, 0.4) is 0 Å². The Bertz CT molecular complexity index is 925. The molecule has 0 saturated heterocycles. The number of alkyl halides is 6. The monoisotopic (exact) mass is 674 g/mol. The molecule has 4 nitrogen and oxygen atoms in total. The van der Waals surface area contributed by atoms with Gasteiger partial charge >= 0.3 is 12.4 Å². The molecule has 0 radical (unpaired) electrons. The van der Waals surface area contributed by atoms with Crippen LogP contribution in [0.15, 0.2) is 24.3 Å². The Morgan fingerprint density at radius 3 is 1.26 bits per heavy atom. The second-order valence-electron chi connectivity index (χ2n) is 7.38. The van der Waals surface area contributed by atoms with E-state index in [-0.39, 0.29) is 17.8 Å². The number of anilines is 2. The molecular weight excluding hydrogens is 656 g/mol. The van der Waals surface area contributed by atoms with Crippen molar-refractivity contribution in [2.45, 2.75) is 43.8 Å². The van der Waals surface area contributed by atoms with Crippen molar-refractivity contribution < 1.29 is 36.6 Å². The average molecular weight is 674 g/mol. The maximum absolute atomic E-state index is 13.3. The van der Waals surface area contributed by atoms with Gasteiger partial charge in [-0.25, -0.2) is 0 Å². The Morgan fingerprint density at radius 2 is 1.00 bits per heavy atom. The van der Waals surface area contributed by atoms with Gasteiger partial charge in [-0.05, 0) is 101 Å². The molecule has 0 fully saturated rings. The molecule has 2 aromatic rings. The summed E-state index contributed by atoms with van der Waals surface area (Å²) in [5.41, 5.74) is 3.87. The highest BCUT2D eigenvalue weighted by Gasteiger charge is 2.53. The zero-order valence-electron chi connectivity index (χ0n) is 16.1. The van der Waals surface area contributed by atoms with Crippen LogP contribution in [0.4, 0.5) is 37.7 Å². The Labute approximate surface area is 201 Å². The van der Waals surface area contributed by atoms with Crippen LogP contribution in [0.5, 0.6) is 0 Å². The highest BCUT2D eigenvalue weighted by Crippen LogP contribution is 2.44. The third-order valence-electron chi connectivity index (χ3n) is 4.97. The number of benzene rings is 2. The number of aliphatic hydroxyl groups is 2. The molecule has 6 N–H and O–H groups in total. The second-order valence-corrected chi connectivity index (χ2v) is 9.70. The lowest BCUT2D eigenvalue weighted by molar-refractivity contribution is -0.258. The van der Waals surface area contributed by atoms with Crippen molar-refractivity contribution in [2.75, 3.05) is 11.5 Å². The van der Waals surface area contributed by atoms with Crippen molar-refractivity contribution in [3.05, 3.63) is 53.7 Å². The van der Waals surface area contributed by atoms with Gasteiger partial charge in [-0.1, -0.05) is 0 Å². The van der Waals surface area contributed by atoms with Gasteiger partial charge < -0.3 is 21.7 Å². The normalized spacial score (nSPS) is 16.6. The van der Waals surface area contributed by atoms with E-state index in [9.17, 15) is 36.6 Å². The van der Waals surface area contributed by atoms with Crippen LogP contribution in [0.2, 0.25) is 0 Å². The average Bonchev–Trinajstić information content (AvgIpc) is 2.56. The molecule has 12 heteroatoms. The van der Waals surface area contributed by atoms with Gasteiger partial charge in [-0.2, -0.15) is 26.3 Å². The highest BCUT2D eigenvalue weighted by molar-refractivity contribution is 14.1. The minimum Gasteiger partial charge on any atom is -0.398 e. The fraction of sp³-hybridized carbons (Fsp3) is 0.368. The van der Waals surface area contributed by atoms with Crippen LogP contribution in [0, 0.1) is 7.14 Å². The van der Waals surface area contributed by atoms with Gasteiger partial charge in [0.2, 0.25) is 0 Å². The predicted octanol–water partition coefficient (Wildman–Crippen LogP) is 5.19. The first kappa shape index (κ1) is 26.3. The Hall–Kier alpha value is -1.00. The third kappa shape index (κ3) is 5.00. The first-order valence-electron chi connectivity index (χ1n) is 8.55. The van der Waals surface area contributed by atoms with E-state index >= 15 is 0 Å². The van der Waals surface area contributed by atoms with E-state index in [0.29, 0.717) is 32.1 Å². The zero-order chi connectivity index (χ0) is 24.2. The summed E-state index contributed by atoms with van der Waals surface area (Å²) in [6.07, 6.45) is -10.1. The topological polar surface area (TPSA) is 92.5 Å². The summed E-state index contributed by atoms with van der Waals surface area (Å²) in [5, 5.41) is 20.1. The summed E-state index contributed by atoms with van der Waals surface area (Å²) < 4.78 is 80.7. The van der Waals surface area contributed by atoms with E-state index in [0.717, 1.165) is 12.1 Å². The highest BCUT2D eigenvalue weighted by atomic mass is 127. The summed E-state index contributed by atoms with van der Waals surface area (Å²) in [6.45, 7) is 1.14. The fourth-order valence-corrected chi connectivity index (χ4v) is 4.26. The maximum Gasteiger partial charge on any atom is 0.421 e. The molecule has 0 aliphatic carbocycles. The van der Waals surface area contributed by atoms with Gasteiger partial charge in [0, 0.05) is 29.6 Å². The van der Waals surface area contributed by atoms with Gasteiger partial charge in [-0.3, -0.25) is 0 Å². The van der Waals surface area contributed by atoms with Gasteiger partial charge in [0.05, 0.1) is 0 Å². The summed E-state index contributed by atoms with van der Waals surface area (Å²) in [5.74, 6) is 0. The Morgan fingerprint density at radius 1 is 0.710 bits per heavy atom. The van der Waals surface area contributed by atoms with Crippen LogP contribution in [-0.2, 0) is 17.6 Å². The molecular formula is C19H18F6I2N2O2. The van der Waals surface area contributed by atoms with Crippen LogP contribution in [0.25, 0.3) is 0 Å². The van der Waals surface area contributed by atoms with Crippen LogP contribution in [-0.4, -0.2) is 22.6 Å². The predicted molar refractivity (Wildman–Crippen MR) is 121 cm³/mol. The molecule has 2 unspecified atom stereocenters. The van der Waals surface area contributed by atoms with Crippen molar-refractivity contribution >= 4 is 56.6 Å². The van der Waals surface area contributed by atoms with Crippen molar-refractivity contribution in [1.29, 1.82) is 0 Å². The van der Waals surface area contributed by atoms with Crippen molar-refractivity contribution in [2.24, 2.45) is 0 Å². The van der Waals surface area contributed by atoms with E-state index in [1.54, 1.807) is 0 Å². The lowest BCUT2D eigenvalue weighted by Crippen LogP contribution is -2.40. The lowest BCUT2D eigenvalue weighted by Gasteiger charge is -2.29. The van der Waals surface area contributed by atoms with Gasteiger partial charge in [-0.15, -0.1) is 0 Å². The molecule has 0 bridgehead atoms. The zero-order valence-corrected chi connectivity index (χ0v) is 20.4. The molecule has 0 saturated carbocycles. The number of hydrogen-bond acceptors (Lipinski definition) is 4. The van der Waals surface area contributed by atoms with Gasteiger partial charge in [0.1, 0.15) is 0 Å². The standard InChI is InChI=1S/C19H18F6I2N2O2/c1-16(30,18(20,21)22)10-4-8(12(26)6-14(10)28)3-9-5-11(15(29)7-13(9)27)17(2,31)19(23,24)25/h4-7,30-31H,3,28-29H2,1-2H3. The number of nitrogens with two attached hydrogens (primary N) is 2. The van der Waals surface area contributed by atoms with Crippen molar-refractivity contribution in [1.82, 2.24) is 0 Å². The summed E-state index contributed by atoms with van der Waals surface area (Å²) in [6, 6.07) is 4.67. The second kappa shape index (κ2) is 8.41. The molecule has 0 aliphatic rings. The molecule has 172 valence electrons. The Balaban J connectivity index is 2.62. The molecule has 31 heavy (non-hydrogen) atoms. The minimum atomic E-state index is -5.00. The van der Waals surface area contributed by atoms with E-state index in [1.807, 2.05) is 45.2 Å². The molecule has 0 spiro atoms. The molecule has 2 rings (SSSR count). The molecule has 0 aliphatic heterocycles. The SMILES string of the molecule is CC(O)(c1cc(Cc2cc(C(C)(O)C(F)(F)F)c(N)cc2I)c(I)cc1N)C(F)(F)F. The first-order valence-corrected chi connectivity index (χ1v) is 10.7. The lowest BCUT2D eigenvalue weighted by atomic mass is 9.88. The summed E-state index contributed by atoms with van der Waals surface area (Å²) in [7, 11) is 0. The van der Waals surface area contributed by atoms with E-state index < -0.39 is 34.7 Å². The largest absolute Gasteiger partial charge is 0.421 e. The fourth-order valence-electron chi connectivity index (χ4n) is 2.89. The van der Waals surface area contributed by atoms with Crippen LogP contribution < -0.4 is 11.5 Å². The van der Waals surface area contributed by atoms with Crippen LogP contribution >= 0.6 is 45.2 Å². The first-order chi connectivity index (χ1) is 13.8. The van der Waals surface area contributed by atoms with Crippen molar-refractivity contribution in [3.63, 3.8) is 0 Å². The molecule has 0 amide bonds. The summed E-state index contributed by atoms with van der Waals surface area (Å²) in [4.78, 5) is 0. The maximum atomic E-state index is 13.3. The quantitative estimate of drug-likeness (QED) is 0.204. The Kier molecular flexibility index (Phi) is 7.12. The smallest absolute Gasteiger partial charge is 0.398 e. The molecule has 2 aromatic carbocycles. The van der Waals surface area contributed by atoms with Gasteiger partial charge in [0.15, 0.2) is 11.2 Å². The van der Waals surface area contributed by atoms with E-state index in [2.05, 4.69) is 0 Å². The third-order valence-corrected chi connectivity index (χ3v) is 6.98. The molecule has 0 heterocycles. The minimum absolute atomic E-state index is 0.0843. The van der Waals surface area contributed by atoms with Crippen LogP contribution in [0.1, 0.15) is 36.1 Å². The molecule has 0 aromatic heterocycles. The molecule has 2 atom stereocenters.